The highest BCUT2D eigenvalue weighted by atomic mass is 35.5. The Hall–Kier alpha value is -1.57. The van der Waals surface area contributed by atoms with Crippen LogP contribution in [-0.2, 0) is 0 Å². The van der Waals surface area contributed by atoms with E-state index in [1.807, 2.05) is 6.92 Å². The lowest BCUT2D eigenvalue weighted by Crippen LogP contribution is -2.37. The van der Waals surface area contributed by atoms with Gasteiger partial charge in [0.2, 0.25) is 0 Å². The van der Waals surface area contributed by atoms with Gasteiger partial charge in [-0.25, -0.2) is 13.8 Å². The number of hydrogen-bond acceptors (Lipinski definition) is 4. The number of carbonyl (C=O) groups is 1. The second kappa shape index (κ2) is 8.17. The van der Waals surface area contributed by atoms with Crippen LogP contribution in [-0.4, -0.2) is 30.5 Å². The van der Waals surface area contributed by atoms with Crippen molar-refractivity contribution in [1.82, 2.24) is 15.6 Å². The molecule has 0 fully saturated rings. The Morgan fingerprint density at radius 1 is 1.36 bits per heavy atom. The molecule has 120 valence electrons. The Labute approximate surface area is 137 Å². The maximum atomic E-state index is 13.7. The predicted molar refractivity (Wildman–Crippen MR) is 85.6 cm³/mol. The summed E-state index contributed by atoms with van der Waals surface area (Å²) in [5, 5.41) is 7.32. The normalized spacial score (nSPS) is 11.6. The van der Waals surface area contributed by atoms with E-state index in [9.17, 15) is 13.6 Å². The van der Waals surface area contributed by atoms with Crippen LogP contribution in [0, 0.1) is 11.6 Å². The number of thiazole rings is 1. The summed E-state index contributed by atoms with van der Waals surface area (Å²) in [5.41, 5.74) is -0.0499. The van der Waals surface area contributed by atoms with Crippen molar-refractivity contribution in [3.05, 3.63) is 40.9 Å². The van der Waals surface area contributed by atoms with E-state index in [0.29, 0.717) is 6.54 Å². The number of rotatable bonds is 5. The third-order valence-corrected chi connectivity index (χ3v) is 3.83. The molecule has 2 aromatic rings. The van der Waals surface area contributed by atoms with Gasteiger partial charge in [0.15, 0.2) is 0 Å². The first kappa shape index (κ1) is 18.5. The first-order valence-corrected chi connectivity index (χ1v) is 7.26. The Bertz CT molecular complexity index is 631. The summed E-state index contributed by atoms with van der Waals surface area (Å²) in [6.45, 7) is 2.36. The van der Waals surface area contributed by atoms with Crippen molar-refractivity contribution in [2.45, 2.75) is 13.0 Å². The number of carbonyl (C=O) groups excluding carboxylic acids is 1. The van der Waals surface area contributed by atoms with Gasteiger partial charge in [-0.05, 0) is 26.1 Å². The zero-order valence-corrected chi connectivity index (χ0v) is 13.7. The summed E-state index contributed by atoms with van der Waals surface area (Å²) in [6, 6.07) is 3.73. The molecule has 0 saturated carbocycles. The molecule has 1 aromatic heterocycles. The molecule has 22 heavy (non-hydrogen) atoms. The first-order chi connectivity index (χ1) is 10.0. The molecular formula is C14H16ClF2N3OS. The minimum Gasteiger partial charge on any atom is -0.349 e. The maximum absolute atomic E-state index is 13.7. The van der Waals surface area contributed by atoms with Crippen LogP contribution in [0.3, 0.4) is 0 Å². The molecule has 0 aliphatic carbocycles. The Morgan fingerprint density at radius 3 is 2.59 bits per heavy atom. The summed E-state index contributed by atoms with van der Waals surface area (Å²) in [5.74, 6) is -1.75. The van der Waals surface area contributed by atoms with Crippen LogP contribution in [0.15, 0.2) is 23.6 Å². The van der Waals surface area contributed by atoms with E-state index >= 15 is 0 Å². The topological polar surface area (TPSA) is 54.0 Å². The van der Waals surface area contributed by atoms with Gasteiger partial charge in [0, 0.05) is 18.0 Å². The van der Waals surface area contributed by atoms with Crippen molar-refractivity contribution in [2.24, 2.45) is 0 Å². The second-order valence-corrected chi connectivity index (χ2v) is 5.39. The van der Waals surface area contributed by atoms with Gasteiger partial charge in [0.1, 0.15) is 22.3 Å². The van der Waals surface area contributed by atoms with Crippen LogP contribution in [0.4, 0.5) is 8.78 Å². The number of likely N-dealkylation sites (N-methyl/N-ethyl adjacent to an activating group) is 1. The second-order valence-electron chi connectivity index (χ2n) is 4.53. The smallest absolute Gasteiger partial charge is 0.270 e. The standard InChI is InChI=1S/C14H15F2N3OS.ClH/c1-8(17-2)6-18-13(20)11-7-21-14(19-11)12-9(15)4-3-5-10(12)16;/h3-5,7-8,17H,6H2,1-2H3,(H,18,20);1H. The molecule has 8 heteroatoms. The average Bonchev–Trinajstić information content (AvgIpc) is 2.93. The van der Waals surface area contributed by atoms with E-state index in [4.69, 9.17) is 0 Å². The highest BCUT2D eigenvalue weighted by Gasteiger charge is 2.17. The van der Waals surface area contributed by atoms with Crippen LogP contribution in [0.5, 0.6) is 0 Å². The largest absolute Gasteiger partial charge is 0.349 e. The van der Waals surface area contributed by atoms with Crippen molar-refractivity contribution in [1.29, 1.82) is 0 Å². The van der Waals surface area contributed by atoms with Gasteiger partial charge in [-0.1, -0.05) is 6.07 Å². The molecule has 2 N–H and O–H groups in total. The molecular weight excluding hydrogens is 332 g/mol. The first-order valence-electron chi connectivity index (χ1n) is 6.38. The summed E-state index contributed by atoms with van der Waals surface area (Å²) in [7, 11) is 1.79. The zero-order valence-electron chi connectivity index (χ0n) is 12.0. The molecule has 0 radical (unpaired) electrons. The molecule has 1 atom stereocenters. The van der Waals surface area contributed by atoms with Gasteiger partial charge in [0.25, 0.3) is 5.91 Å². The molecule has 0 bridgehead atoms. The third kappa shape index (κ3) is 4.22. The highest BCUT2D eigenvalue weighted by Crippen LogP contribution is 2.28. The van der Waals surface area contributed by atoms with Crippen molar-refractivity contribution in [3.8, 4) is 10.6 Å². The number of nitrogens with zero attached hydrogens (tertiary/aromatic N) is 1. The van der Waals surface area contributed by atoms with E-state index in [-0.39, 0.29) is 40.6 Å². The molecule has 1 amide bonds. The fourth-order valence-electron chi connectivity index (χ4n) is 1.63. The number of hydrogen-bond donors (Lipinski definition) is 2. The van der Waals surface area contributed by atoms with E-state index in [1.165, 1.54) is 11.4 Å². The SMILES string of the molecule is CNC(C)CNC(=O)c1csc(-c2c(F)cccc2F)n1.Cl. The molecule has 0 saturated heterocycles. The molecule has 1 unspecified atom stereocenters. The lowest BCUT2D eigenvalue weighted by Gasteiger charge is -2.10. The number of benzene rings is 1. The van der Waals surface area contributed by atoms with E-state index in [2.05, 4.69) is 15.6 Å². The minimum absolute atomic E-state index is 0. The van der Waals surface area contributed by atoms with Crippen molar-refractivity contribution >= 4 is 29.7 Å². The lowest BCUT2D eigenvalue weighted by molar-refractivity contribution is 0.0946. The molecule has 0 aliphatic rings. The molecule has 4 nitrogen and oxygen atoms in total. The lowest BCUT2D eigenvalue weighted by atomic mass is 10.2. The summed E-state index contributed by atoms with van der Waals surface area (Å²) in [6.07, 6.45) is 0. The molecule has 2 rings (SSSR count). The average molecular weight is 348 g/mol. The van der Waals surface area contributed by atoms with Crippen LogP contribution < -0.4 is 10.6 Å². The van der Waals surface area contributed by atoms with Crippen LogP contribution in [0.1, 0.15) is 17.4 Å². The van der Waals surface area contributed by atoms with Crippen molar-refractivity contribution in [3.63, 3.8) is 0 Å². The summed E-state index contributed by atoms with van der Waals surface area (Å²) in [4.78, 5) is 15.9. The molecule has 1 heterocycles. The summed E-state index contributed by atoms with van der Waals surface area (Å²) < 4.78 is 27.3. The number of halogens is 3. The third-order valence-electron chi connectivity index (χ3n) is 2.98. The summed E-state index contributed by atoms with van der Waals surface area (Å²) >= 11 is 1.03. The molecule has 0 aliphatic heterocycles. The minimum atomic E-state index is -0.694. The van der Waals surface area contributed by atoms with Crippen molar-refractivity contribution < 1.29 is 13.6 Å². The molecule has 1 aromatic carbocycles. The van der Waals surface area contributed by atoms with Crippen LogP contribution in [0.2, 0.25) is 0 Å². The van der Waals surface area contributed by atoms with Gasteiger partial charge in [-0.3, -0.25) is 4.79 Å². The molecule has 0 spiro atoms. The van der Waals surface area contributed by atoms with Gasteiger partial charge >= 0.3 is 0 Å². The quantitative estimate of drug-likeness (QED) is 0.874. The van der Waals surface area contributed by atoms with Gasteiger partial charge in [-0.15, -0.1) is 23.7 Å². The van der Waals surface area contributed by atoms with Crippen LogP contribution >= 0.6 is 23.7 Å². The van der Waals surface area contributed by atoms with E-state index < -0.39 is 11.6 Å². The van der Waals surface area contributed by atoms with E-state index in [0.717, 1.165) is 23.5 Å². The fraction of sp³-hybridized carbons (Fsp3) is 0.286. The fourth-order valence-corrected chi connectivity index (χ4v) is 2.48. The van der Waals surface area contributed by atoms with E-state index in [1.54, 1.807) is 7.05 Å². The van der Waals surface area contributed by atoms with Crippen molar-refractivity contribution in [2.75, 3.05) is 13.6 Å². The number of aromatic nitrogens is 1. The zero-order chi connectivity index (χ0) is 15.4. The van der Waals surface area contributed by atoms with Crippen LogP contribution in [0.25, 0.3) is 10.6 Å². The van der Waals surface area contributed by atoms with Gasteiger partial charge < -0.3 is 10.6 Å². The number of amides is 1. The Balaban J connectivity index is 0.00000242. The van der Waals surface area contributed by atoms with Gasteiger partial charge in [0.05, 0.1) is 5.56 Å². The highest BCUT2D eigenvalue weighted by molar-refractivity contribution is 7.13. The monoisotopic (exact) mass is 347 g/mol. The predicted octanol–water partition coefficient (Wildman–Crippen LogP) is 2.85. The Morgan fingerprint density at radius 2 is 2.00 bits per heavy atom. The van der Waals surface area contributed by atoms with Gasteiger partial charge in [-0.2, -0.15) is 0 Å². The number of nitrogens with one attached hydrogen (secondary N) is 2. The Kier molecular flexibility index (Phi) is 6.86. The maximum Gasteiger partial charge on any atom is 0.270 e.